The highest BCUT2D eigenvalue weighted by Gasteiger charge is 2.09. The van der Waals surface area contributed by atoms with Crippen molar-refractivity contribution in [3.05, 3.63) is 64.1 Å². The van der Waals surface area contributed by atoms with E-state index in [0.717, 1.165) is 22.2 Å². The highest BCUT2D eigenvalue weighted by Crippen LogP contribution is 2.21. The van der Waals surface area contributed by atoms with E-state index in [-0.39, 0.29) is 11.6 Å². The number of para-hydroxylation sites is 2. The third kappa shape index (κ3) is 3.17. The van der Waals surface area contributed by atoms with Crippen LogP contribution in [0, 0.1) is 0 Å². The number of hydrogen-bond donors (Lipinski definition) is 2. The number of benzene rings is 2. The van der Waals surface area contributed by atoms with Crippen molar-refractivity contribution < 1.29 is 9.53 Å². The smallest absolute Gasteiger partial charge is 0.326 e. The van der Waals surface area contributed by atoms with Crippen molar-refractivity contribution in [2.24, 2.45) is 0 Å². The molecule has 24 heavy (non-hydrogen) atoms. The Morgan fingerprint density at radius 3 is 2.79 bits per heavy atom. The van der Waals surface area contributed by atoms with Gasteiger partial charge in [-0.3, -0.25) is 9.36 Å². The lowest BCUT2D eigenvalue weighted by Crippen LogP contribution is -2.20. The third-order valence-corrected chi connectivity index (χ3v) is 3.90. The number of amides is 1. The molecule has 6 heteroatoms. The first-order valence-electron chi connectivity index (χ1n) is 7.66. The Labute approximate surface area is 139 Å². The molecule has 0 bridgehead atoms. The summed E-state index contributed by atoms with van der Waals surface area (Å²) in [6.45, 7) is 2.33. The predicted octanol–water partition coefficient (Wildman–Crippen LogP) is 2.02. The molecule has 0 aliphatic carbocycles. The number of carbonyl (C=O) groups excluding carboxylic acids is 1. The van der Waals surface area contributed by atoms with Gasteiger partial charge in [-0.1, -0.05) is 24.3 Å². The van der Waals surface area contributed by atoms with Gasteiger partial charge in [0.05, 0.1) is 24.7 Å². The van der Waals surface area contributed by atoms with Crippen LogP contribution in [0.1, 0.15) is 18.1 Å². The lowest BCUT2D eigenvalue weighted by atomic mass is 10.1. The zero-order valence-electron chi connectivity index (χ0n) is 13.6. The molecule has 0 saturated heterocycles. The van der Waals surface area contributed by atoms with E-state index in [4.69, 9.17) is 4.74 Å². The second-order valence-corrected chi connectivity index (χ2v) is 5.59. The quantitative estimate of drug-likeness (QED) is 0.753. The SMILES string of the molecule is COc1cc(Cn2c(=O)[nH]c3ccccc32)ccc1CNC(C)=O. The minimum Gasteiger partial charge on any atom is -0.496 e. The van der Waals surface area contributed by atoms with Gasteiger partial charge in [0.25, 0.3) is 0 Å². The van der Waals surface area contributed by atoms with Crippen molar-refractivity contribution in [3.63, 3.8) is 0 Å². The molecule has 1 heterocycles. The Bertz CT molecular complexity index is 940. The molecule has 0 aliphatic rings. The molecule has 0 aliphatic heterocycles. The van der Waals surface area contributed by atoms with Crippen LogP contribution in [0.25, 0.3) is 11.0 Å². The van der Waals surface area contributed by atoms with Crippen LogP contribution < -0.4 is 15.7 Å². The van der Waals surface area contributed by atoms with Crippen LogP contribution in [-0.2, 0) is 17.9 Å². The van der Waals surface area contributed by atoms with Crippen molar-refractivity contribution in [2.75, 3.05) is 7.11 Å². The van der Waals surface area contributed by atoms with E-state index < -0.39 is 0 Å². The monoisotopic (exact) mass is 325 g/mol. The van der Waals surface area contributed by atoms with Gasteiger partial charge >= 0.3 is 5.69 Å². The van der Waals surface area contributed by atoms with Crippen LogP contribution in [0.15, 0.2) is 47.3 Å². The van der Waals surface area contributed by atoms with Gasteiger partial charge in [-0.05, 0) is 23.8 Å². The fourth-order valence-corrected chi connectivity index (χ4v) is 2.70. The van der Waals surface area contributed by atoms with Gasteiger partial charge in [0.2, 0.25) is 5.91 Å². The van der Waals surface area contributed by atoms with E-state index >= 15 is 0 Å². The molecule has 0 radical (unpaired) electrons. The summed E-state index contributed by atoms with van der Waals surface area (Å²) in [6, 6.07) is 13.3. The highest BCUT2D eigenvalue weighted by atomic mass is 16.5. The number of aromatic nitrogens is 2. The molecule has 2 aromatic carbocycles. The molecule has 0 spiro atoms. The Morgan fingerprint density at radius 1 is 1.25 bits per heavy atom. The summed E-state index contributed by atoms with van der Waals surface area (Å²) in [7, 11) is 1.59. The Hall–Kier alpha value is -3.02. The minimum atomic E-state index is -0.141. The molecular weight excluding hydrogens is 306 g/mol. The molecule has 0 fully saturated rings. The maximum Gasteiger partial charge on any atom is 0.326 e. The summed E-state index contributed by atoms with van der Waals surface area (Å²) < 4.78 is 7.10. The third-order valence-electron chi connectivity index (χ3n) is 3.90. The summed E-state index contributed by atoms with van der Waals surface area (Å²) >= 11 is 0. The summed E-state index contributed by atoms with van der Waals surface area (Å²) in [5.74, 6) is 0.598. The molecule has 0 unspecified atom stereocenters. The molecule has 0 saturated carbocycles. The molecular formula is C18H19N3O3. The van der Waals surface area contributed by atoms with Crippen LogP contribution >= 0.6 is 0 Å². The van der Waals surface area contributed by atoms with Gasteiger partial charge in [-0.15, -0.1) is 0 Å². The van der Waals surface area contributed by atoms with Crippen LogP contribution in [0.3, 0.4) is 0 Å². The van der Waals surface area contributed by atoms with Crippen LogP contribution in [0.5, 0.6) is 5.75 Å². The van der Waals surface area contributed by atoms with E-state index in [2.05, 4.69) is 10.3 Å². The zero-order valence-corrected chi connectivity index (χ0v) is 13.6. The Morgan fingerprint density at radius 2 is 2.04 bits per heavy atom. The standard InChI is InChI=1S/C18H19N3O3/c1-12(22)19-10-14-8-7-13(9-17(14)24-2)11-21-16-6-4-3-5-15(16)20-18(21)23/h3-9H,10-11H2,1-2H3,(H,19,22)(H,20,23). The molecule has 1 amide bonds. The number of hydrogen-bond acceptors (Lipinski definition) is 3. The molecule has 2 N–H and O–H groups in total. The number of carbonyl (C=O) groups is 1. The number of ether oxygens (including phenoxy) is 1. The normalized spacial score (nSPS) is 10.8. The second-order valence-electron chi connectivity index (χ2n) is 5.59. The highest BCUT2D eigenvalue weighted by molar-refractivity contribution is 5.75. The molecule has 3 rings (SSSR count). The number of H-pyrrole nitrogens is 1. The first kappa shape index (κ1) is 15.9. The number of rotatable bonds is 5. The van der Waals surface area contributed by atoms with Gasteiger partial charge < -0.3 is 15.0 Å². The van der Waals surface area contributed by atoms with Crippen molar-refractivity contribution in [3.8, 4) is 5.75 Å². The summed E-state index contributed by atoms with van der Waals surface area (Å²) in [6.07, 6.45) is 0. The van der Waals surface area contributed by atoms with Crippen LogP contribution in [0.2, 0.25) is 0 Å². The van der Waals surface area contributed by atoms with E-state index in [9.17, 15) is 9.59 Å². The van der Waals surface area contributed by atoms with E-state index in [0.29, 0.717) is 18.8 Å². The average Bonchev–Trinajstić information content (AvgIpc) is 2.89. The predicted molar refractivity (Wildman–Crippen MR) is 92.2 cm³/mol. The van der Waals surface area contributed by atoms with Crippen LogP contribution in [-0.4, -0.2) is 22.6 Å². The topological polar surface area (TPSA) is 76.1 Å². The van der Waals surface area contributed by atoms with E-state index in [1.807, 2.05) is 42.5 Å². The maximum atomic E-state index is 12.2. The lowest BCUT2D eigenvalue weighted by molar-refractivity contribution is -0.119. The molecule has 1 aromatic heterocycles. The zero-order chi connectivity index (χ0) is 17.1. The molecule has 3 aromatic rings. The second kappa shape index (κ2) is 6.62. The Kier molecular flexibility index (Phi) is 4.37. The van der Waals surface area contributed by atoms with E-state index in [1.54, 1.807) is 11.7 Å². The Balaban J connectivity index is 1.91. The van der Waals surface area contributed by atoms with Gasteiger partial charge in [-0.25, -0.2) is 4.79 Å². The molecule has 124 valence electrons. The van der Waals surface area contributed by atoms with Gasteiger partial charge in [0.1, 0.15) is 5.75 Å². The van der Waals surface area contributed by atoms with Crippen molar-refractivity contribution in [1.29, 1.82) is 0 Å². The van der Waals surface area contributed by atoms with Gasteiger partial charge in [0.15, 0.2) is 0 Å². The van der Waals surface area contributed by atoms with E-state index in [1.165, 1.54) is 6.92 Å². The number of aromatic amines is 1. The minimum absolute atomic E-state index is 0.0912. The lowest BCUT2D eigenvalue weighted by Gasteiger charge is -2.11. The fourth-order valence-electron chi connectivity index (χ4n) is 2.70. The summed E-state index contributed by atoms with van der Waals surface area (Å²) in [5.41, 5.74) is 3.38. The number of fused-ring (bicyclic) bond motifs is 1. The number of imidazole rings is 1. The maximum absolute atomic E-state index is 12.2. The molecule has 0 atom stereocenters. The van der Waals surface area contributed by atoms with Crippen molar-refractivity contribution in [2.45, 2.75) is 20.0 Å². The average molecular weight is 325 g/mol. The first-order valence-corrected chi connectivity index (χ1v) is 7.66. The fraction of sp³-hybridized carbons (Fsp3) is 0.222. The molecule has 6 nitrogen and oxygen atoms in total. The number of nitrogens with one attached hydrogen (secondary N) is 2. The van der Waals surface area contributed by atoms with Gasteiger partial charge in [0, 0.05) is 19.0 Å². The summed E-state index contributed by atoms with van der Waals surface area (Å²) in [4.78, 5) is 26.1. The van der Waals surface area contributed by atoms with Crippen molar-refractivity contribution >= 4 is 16.9 Å². The van der Waals surface area contributed by atoms with Gasteiger partial charge in [-0.2, -0.15) is 0 Å². The van der Waals surface area contributed by atoms with Crippen LogP contribution in [0.4, 0.5) is 0 Å². The summed E-state index contributed by atoms with van der Waals surface area (Å²) in [5, 5.41) is 2.76. The van der Waals surface area contributed by atoms with Crippen molar-refractivity contribution in [1.82, 2.24) is 14.9 Å². The first-order chi connectivity index (χ1) is 11.6. The number of nitrogens with zero attached hydrogens (tertiary/aromatic N) is 1. The largest absolute Gasteiger partial charge is 0.496 e. The number of methoxy groups -OCH3 is 1.